The molecule has 0 fully saturated rings. The summed E-state index contributed by atoms with van der Waals surface area (Å²) in [6.45, 7) is 1.24. The highest BCUT2D eigenvalue weighted by Crippen LogP contribution is 2.26. The van der Waals surface area contributed by atoms with Gasteiger partial charge in [-0.2, -0.15) is 5.10 Å². The topological polar surface area (TPSA) is 56.2 Å². The van der Waals surface area contributed by atoms with Gasteiger partial charge in [-0.1, -0.05) is 18.2 Å². The smallest absolute Gasteiger partial charge is 0.243 e. The normalized spacial score (nSPS) is 13.1. The fourth-order valence-corrected chi connectivity index (χ4v) is 4.35. The minimum atomic E-state index is 0.0557. The third-order valence-corrected chi connectivity index (χ3v) is 5.80. The number of amides is 1. The van der Waals surface area contributed by atoms with Gasteiger partial charge in [0.25, 0.3) is 0 Å². The summed E-state index contributed by atoms with van der Waals surface area (Å²) >= 11 is 0. The average Bonchev–Trinajstić information content (AvgIpc) is 3.50. The first-order valence-electron chi connectivity index (χ1n) is 10.1. The van der Waals surface area contributed by atoms with Crippen molar-refractivity contribution < 1.29 is 9.21 Å². The lowest BCUT2D eigenvalue weighted by Crippen LogP contribution is -2.33. The van der Waals surface area contributed by atoms with E-state index in [-0.39, 0.29) is 5.91 Å². The molecule has 0 radical (unpaired) electrons. The molecule has 0 bridgehead atoms. The standard InChI is InChI=1S/C23H24N4O2/c1-25-22-10-4-8-19(22)20(24-25)15-27(14-18-7-5-13-29-18)23(28)16-26-12-11-17-6-2-3-9-21(17)26/h2-3,5-7,9,11-13H,4,8,10,14-16H2,1H3. The molecule has 0 aliphatic heterocycles. The van der Waals surface area contributed by atoms with Crippen LogP contribution in [0.1, 0.15) is 29.1 Å². The molecule has 0 unspecified atom stereocenters. The fourth-order valence-electron chi connectivity index (χ4n) is 4.35. The van der Waals surface area contributed by atoms with Crippen LogP contribution in [0.2, 0.25) is 0 Å². The Bertz CT molecular complexity index is 1150. The van der Waals surface area contributed by atoms with E-state index in [9.17, 15) is 4.79 Å². The summed E-state index contributed by atoms with van der Waals surface area (Å²) in [4.78, 5) is 15.2. The van der Waals surface area contributed by atoms with Crippen molar-refractivity contribution in [3.63, 3.8) is 0 Å². The Morgan fingerprint density at radius 3 is 2.90 bits per heavy atom. The van der Waals surface area contributed by atoms with Crippen LogP contribution in [0.15, 0.2) is 59.3 Å². The summed E-state index contributed by atoms with van der Waals surface area (Å²) < 4.78 is 9.52. The molecule has 1 aliphatic rings. The number of para-hydroxylation sites is 1. The van der Waals surface area contributed by atoms with E-state index in [1.807, 2.05) is 63.8 Å². The van der Waals surface area contributed by atoms with Gasteiger partial charge in [-0.25, -0.2) is 0 Å². The van der Waals surface area contributed by atoms with Gasteiger partial charge in [-0.05, 0) is 54.5 Å². The van der Waals surface area contributed by atoms with E-state index in [0.29, 0.717) is 19.6 Å². The summed E-state index contributed by atoms with van der Waals surface area (Å²) in [6.07, 6.45) is 6.90. The van der Waals surface area contributed by atoms with Crippen LogP contribution in [0, 0.1) is 0 Å². The lowest BCUT2D eigenvalue weighted by molar-refractivity contribution is -0.133. The molecule has 3 aromatic heterocycles. The van der Waals surface area contributed by atoms with E-state index in [1.54, 1.807) is 6.26 Å². The number of hydrogen-bond acceptors (Lipinski definition) is 3. The van der Waals surface area contributed by atoms with Crippen molar-refractivity contribution in [2.75, 3.05) is 0 Å². The molecule has 0 atom stereocenters. The highest BCUT2D eigenvalue weighted by molar-refractivity contribution is 5.83. The summed E-state index contributed by atoms with van der Waals surface area (Å²) in [5.74, 6) is 0.837. The molecule has 0 saturated heterocycles. The molecule has 6 heteroatoms. The van der Waals surface area contributed by atoms with Crippen molar-refractivity contribution >= 4 is 16.8 Å². The highest BCUT2D eigenvalue weighted by Gasteiger charge is 2.25. The van der Waals surface area contributed by atoms with Gasteiger partial charge < -0.3 is 13.9 Å². The predicted molar refractivity (Wildman–Crippen MR) is 110 cm³/mol. The van der Waals surface area contributed by atoms with Gasteiger partial charge in [-0.15, -0.1) is 0 Å². The van der Waals surface area contributed by atoms with Crippen LogP contribution in [-0.4, -0.2) is 25.2 Å². The lowest BCUT2D eigenvalue weighted by Gasteiger charge is -2.22. The fraction of sp³-hybridized carbons (Fsp3) is 0.304. The monoisotopic (exact) mass is 388 g/mol. The van der Waals surface area contributed by atoms with Gasteiger partial charge in [0.1, 0.15) is 12.3 Å². The first-order valence-corrected chi connectivity index (χ1v) is 10.1. The first kappa shape index (κ1) is 17.8. The number of aryl methyl sites for hydroxylation is 1. The van der Waals surface area contributed by atoms with Gasteiger partial charge in [0.15, 0.2) is 0 Å². The molecule has 29 heavy (non-hydrogen) atoms. The Morgan fingerprint density at radius 2 is 2.03 bits per heavy atom. The number of hydrogen-bond donors (Lipinski definition) is 0. The van der Waals surface area contributed by atoms with E-state index in [1.165, 1.54) is 11.3 Å². The van der Waals surface area contributed by atoms with Gasteiger partial charge in [0, 0.05) is 24.5 Å². The largest absolute Gasteiger partial charge is 0.467 e. The van der Waals surface area contributed by atoms with Crippen LogP contribution in [0.25, 0.3) is 10.9 Å². The Morgan fingerprint density at radius 1 is 1.14 bits per heavy atom. The third kappa shape index (κ3) is 3.35. The van der Waals surface area contributed by atoms with Crippen LogP contribution >= 0.6 is 0 Å². The number of carbonyl (C=O) groups excluding carboxylic acids is 1. The second-order valence-corrected chi connectivity index (χ2v) is 7.68. The van der Waals surface area contributed by atoms with Crippen LogP contribution in [0.4, 0.5) is 0 Å². The maximum absolute atomic E-state index is 13.3. The molecule has 4 aromatic rings. The predicted octanol–water partition coefficient (Wildman–Crippen LogP) is 3.69. The van der Waals surface area contributed by atoms with E-state index in [0.717, 1.165) is 41.6 Å². The molecule has 3 heterocycles. The first-order chi connectivity index (χ1) is 14.2. The molecule has 1 aliphatic carbocycles. The van der Waals surface area contributed by atoms with Gasteiger partial charge in [-0.3, -0.25) is 9.48 Å². The number of nitrogens with zero attached hydrogens (tertiary/aromatic N) is 4. The average molecular weight is 388 g/mol. The van der Waals surface area contributed by atoms with E-state index in [2.05, 4.69) is 6.07 Å². The van der Waals surface area contributed by atoms with Crippen molar-refractivity contribution in [3.8, 4) is 0 Å². The van der Waals surface area contributed by atoms with Crippen molar-refractivity contribution in [2.45, 2.75) is 38.9 Å². The number of rotatable bonds is 6. The molecular formula is C23H24N4O2. The lowest BCUT2D eigenvalue weighted by atomic mass is 10.2. The quantitative estimate of drug-likeness (QED) is 0.506. The number of carbonyl (C=O) groups is 1. The van der Waals surface area contributed by atoms with Crippen molar-refractivity contribution in [2.24, 2.45) is 7.05 Å². The summed E-state index contributed by atoms with van der Waals surface area (Å²) in [5, 5.41) is 5.86. The second-order valence-electron chi connectivity index (χ2n) is 7.68. The molecule has 1 aromatic carbocycles. The molecular weight excluding hydrogens is 364 g/mol. The van der Waals surface area contributed by atoms with Gasteiger partial charge >= 0.3 is 0 Å². The van der Waals surface area contributed by atoms with Crippen molar-refractivity contribution in [1.29, 1.82) is 0 Å². The van der Waals surface area contributed by atoms with E-state index >= 15 is 0 Å². The number of benzene rings is 1. The van der Waals surface area contributed by atoms with Crippen LogP contribution in [-0.2, 0) is 44.3 Å². The Labute approximate surface area is 169 Å². The Hall–Kier alpha value is -3.28. The molecule has 0 spiro atoms. The molecule has 148 valence electrons. The summed E-state index contributed by atoms with van der Waals surface area (Å²) in [7, 11) is 2.00. The summed E-state index contributed by atoms with van der Waals surface area (Å²) in [6, 6.07) is 13.9. The van der Waals surface area contributed by atoms with Crippen molar-refractivity contribution in [3.05, 3.63) is 77.6 Å². The zero-order valence-electron chi connectivity index (χ0n) is 16.5. The van der Waals surface area contributed by atoms with Gasteiger partial charge in [0.05, 0.1) is 25.0 Å². The number of aromatic nitrogens is 3. The zero-order chi connectivity index (χ0) is 19.8. The number of fused-ring (bicyclic) bond motifs is 2. The van der Waals surface area contributed by atoms with Crippen molar-refractivity contribution in [1.82, 2.24) is 19.2 Å². The van der Waals surface area contributed by atoms with E-state index in [4.69, 9.17) is 9.52 Å². The van der Waals surface area contributed by atoms with Crippen LogP contribution in [0.3, 0.4) is 0 Å². The SMILES string of the molecule is Cn1nc(CN(Cc2ccco2)C(=O)Cn2ccc3ccccc32)c2c1CCC2. The molecule has 6 nitrogen and oxygen atoms in total. The Kier molecular flexibility index (Phi) is 4.46. The maximum atomic E-state index is 13.3. The molecule has 1 amide bonds. The van der Waals surface area contributed by atoms with E-state index < -0.39 is 0 Å². The minimum absolute atomic E-state index is 0.0557. The molecule has 5 rings (SSSR count). The molecule has 0 saturated carbocycles. The Balaban J connectivity index is 1.42. The van der Waals surface area contributed by atoms with Crippen LogP contribution < -0.4 is 0 Å². The minimum Gasteiger partial charge on any atom is -0.467 e. The van der Waals surface area contributed by atoms with Gasteiger partial charge in [0.2, 0.25) is 5.91 Å². The molecule has 0 N–H and O–H groups in total. The summed E-state index contributed by atoms with van der Waals surface area (Å²) in [5.41, 5.74) is 4.70. The highest BCUT2D eigenvalue weighted by atomic mass is 16.3. The van der Waals surface area contributed by atoms with Crippen LogP contribution in [0.5, 0.6) is 0 Å². The second kappa shape index (κ2) is 7.28. The zero-order valence-corrected chi connectivity index (χ0v) is 16.5. The third-order valence-electron chi connectivity index (χ3n) is 5.80. The number of furan rings is 1. The maximum Gasteiger partial charge on any atom is 0.243 e.